The largest absolute Gasteiger partial charge is 0.478 e. The van der Waals surface area contributed by atoms with Crippen LogP contribution in [0.25, 0.3) is 0 Å². The van der Waals surface area contributed by atoms with Crippen LogP contribution in [0.4, 0.5) is 0 Å². The zero-order valence-electron chi connectivity index (χ0n) is 14.9. The standard InChI is InChI=1S/C19H22BrN3O3/c1-3-26-17-12-14(8-10-21-17)19(25)22-11-9-18(24)23(2)13-15-6-4-5-7-16(15)20/h4-8,10,12H,3,9,11,13H2,1-2H3,(H,22,25). The Balaban J connectivity index is 1.81. The molecule has 2 amide bonds. The van der Waals surface area contributed by atoms with E-state index in [1.807, 2.05) is 31.2 Å². The van der Waals surface area contributed by atoms with Crippen molar-refractivity contribution in [3.8, 4) is 5.88 Å². The molecule has 0 aliphatic heterocycles. The number of nitrogens with zero attached hydrogens (tertiary/aromatic N) is 2. The Morgan fingerprint density at radius 2 is 2.04 bits per heavy atom. The maximum atomic E-state index is 12.2. The highest BCUT2D eigenvalue weighted by atomic mass is 79.9. The van der Waals surface area contributed by atoms with Gasteiger partial charge in [-0.1, -0.05) is 34.1 Å². The van der Waals surface area contributed by atoms with Crippen molar-refractivity contribution in [1.29, 1.82) is 0 Å². The number of pyridine rings is 1. The SMILES string of the molecule is CCOc1cc(C(=O)NCCC(=O)N(C)Cc2ccccc2Br)ccn1. The Kier molecular flexibility index (Phi) is 7.59. The number of hydrogen-bond donors (Lipinski definition) is 1. The van der Waals surface area contributed by atoms with Gasteiger partial charge in [0.1, 0.15) is 0 Å². The lowest BCUT2D eigenvalue weighted by molar-refractivity contribution is -0.130. The minimum atomic E-state index is -0.255. The molecule has 1 heterocycles. The second-order valence-electron chi connectivity index (χ2n) is 5.66. The third kappa shape index (κ3) is 5.84. The molecule has 0 spiro atoms. The fourth-order valence-corrected chi connectivity index (χ4v) is 2.73. The Hall–Kier alpha value is -2.41. The molecule has 26 heavy (non-hydrogen) atoms. The highest BCUT2D eigenvalue weighted by Crippen LogP contribution is 2.17. The fraction of sp³-hybridized carbons (Fsp3) is 0.316. The first kappa shape index (κ1) is 19.9. The van der Waals surface area contributed by atoms with Gasteiger partial charge in [0.15, 0.2) is 0 Å². The minimum absolute atomic E-state index is 0.0363. The fourth-order valence-electron chi connectivity index (χ4n) is 2.32. The molecule has 2 rings (SSSR count). The maximum Gasteiger partial charge on any atom is 0.251 e. The van der Waals surface area contributed by atoms with Gasteiger partial charge < -0.3 is 15.0 Å². The van der Waals surface area contributed by atoms with Crippen LogP contribution in [0.3, 0.4) is 0 Å². The number of aromatic nitrogens is 1. The van der Waals surface area contributed by atoms with Gasteiger partial charge in [-0.3, -0.25) is 9.59 Å². The second-order valence-corrected chi connectivity index (χ2v) is 6.52. The summed E-state index contributed by atoms with van der Waals surface area (Å²) in [5.74, 6) is 0.116. The zero-order valence-corrected chi connectivity index (χ0v) is 16.5. The third-order valence-electron chi connectivity index (χ3n) is 3.70. The van der Waals surface area contributed by atoms with Crippen molar-refractivity contribution < 1.29 is 14.3 Å². The van der Waals surface area contributed by atoms with E-state index in [9.17, 15) is 9.59 Å². The molecular weight excluding hydrogens is 398 g/mol. The number of rotatable bonds is 8. The molecule has 1 aromatic heterocycles. The predicted molar refractivity (Wildman–Crippen MR) is 103 cm³/mol. The van der Waals surface area contributed by atoms with Gasteiger partial charge in [-0.2, -0.15) is 0 Å². The highest BCUT2D eigenvalue weighted by molar-refractivity contribution is 9.10. The number of hydrogen-bond acceptors (Lipinski definition) is 4. The van der Waals surface area contributed by atoms with Gasteiger partial charge in [0.2, 0.25) is 11.8 Å². The minimum Gasteiger partial charge on any atom is -0.478 e. The molecular formula is C19H22BrN3O3. The van der Waals surface area contributed by atoms with Crippen LogP contribution in [0.2, 0.25) is 0 Å². The van der Waals surface area contributed by atoms with Crippen molar-refractivity contribution in [3.05, 3.63) is 58.2 Å². The Morgan fingerprint density at radius 1 is 1.27 bits per heavy atom. The summed E-state index contributed by atoms with van der Waals surface area (Å²) in [5, 5.41) is 2.75. The van der Waals surface area contributed by atoms with E-state index < -0.39 is 0 Å². The molecule has 0 fully saturated rings. The van der Waals surface area contributed by atoms with Gasteiger partial charge in [-0.15, -0.1) is 0 Å². The highest BCUT2D eigenvalue weighted by Gasteiger charge is 2.12. The summed E-state index contributed by atoms with van der Waals surface area (Å²) in [6.45, 7) is 3.11. The first-order chi connectivity index (χ1) is 12.5. The molecule has 0 aliphatic carbocycles. The zero-order chi connectivity index (χ0) is 18.9. The number of nitrogens with one attached hydrogen (secondary N) is 1. The molecule has 138 valence electrons. The molecule has 0 unspecified atom stereocenters. The molecule has 0 atom stereocenters. The topological polar surface area (TPSA) is 71.5 Å². The number of halogens is 1. The van der Waals surface area contributed by atoms with E-state index in [1.165, 1.54) is 6.20 Å². The summed E-state index contributed by atoms with van der Waals surface area (Å²) < 4.78 is 6.25. The molecule has 1 N–H and O–H groups in total. The molecule has 0 saturated heterocycles. The van der Waals surface area contributed by atoms with Crippen LogP contribution in [-0.4, -0.2) is 41.9 Å². The van der Waals surface area contributed by atoms with Gasteiger partial charge in [0.25, 0.3) is 5.91 Å². The van der Waals surface area contributed by atoms with E-state index in [-0.39, 0.29) is 24.8 Å². The normalized spacial score (nSPS) is 10.3. The van der Waals surface area contributed by atoms with E-state index >= 15 is 0 Å². The summed E-state index contributed by atoms with van der Waals surface area (Å²) >= 11 is 3.48. The number of carbonyl (C=O) groups is 2. The van der Waals surface area contributed by atoms with E-state index in [2.05, 4.69) is 26.2 Å². The van der Waals surface area contributed by atoms with E-state index in [0.29, 0.717) is 24.6 Å². The molecule has 0 saturated carbocycles. The molecule has 2 aromatic rings. The first-order valence-corrected chi connectivity index (χ1v) is 9.15. The van der Waals surface area contributed by atoms with Gasteiger partial charge >= 0.3 is 0 Å². The Morgan fingerprint density at radius 3 is 2.77 bits per heavy atom. The molecule has 0 aliphatic rings. The Labute approximate surface area is 161 Å². The van der Waals surface area contributed by atoms with Gasteiger partial charge in [0.05, 0.1) is 6.61 Å². The van der Waals surface area contributed by atoms with Crippen molar-refractivity contribution in [2.45, 2.75) is 19.9 Å². The van der Waals surface area contributed by atoms with Crippen LogP contribution < -0.4 is 10.1 Å². The van der Waals surface area contributed by atoms with Crippen molar-refractivity contribution in [3.63, 3.8) is 0 Å². The molecule has 0 radical (unpaired) electrons. The first-order valence-electron chi connectivity index (χ1n) is 8.35. The molecule has 6 nitrogen and oxygen atoms in total. The maximum absolute atomic E-state index is 12.2. The van der Waals surface area contributed by atoms with E-state index in [0.717, 1.165) is 10.0 Å². The average molecular weight is 420 g/mol. The van der Waals surface area contributed by atoms with Crippen molar-refractivity contribution in [1.82, 2.24) is 15.2 Å². The van der Waals surface area contributed by atoms with E-state index in [4.69, 9.17) is 4.74 Å². The van der Waals surface area contributed by atoms with Crippen molar-refractivity contribution >= 4 is 27.7 Å². The second kappa shape index (κ2) is 9.91. The summed E-state index contributed by atoms with van der Waals surface area (Å²) in [6.07, 6.45) is 1.76. The quantitative estimate of drug-likeness (QED) is 0.713. The van der Waals surface area contributed by atoms with Crippen LogP contribution in [-0.2, 0) is 11.3 Å². The van der Waals surface area contributed by atoms with Crippen LogP contribution >= 0.6 is 15.9 Å². The predicted octanol–water partition coefficient (Wildman–Crippen LogP) is 3.02. The van der Waals surface area contributed by atoms with Crippen molar-refractivity contribution in [2.75, 3.05) is 20.2 Å². The summed E-state index contributed by atoms with van der Waals surface area (Å²) in [6, 6.07) is 11.0. The summed E-state index contributed by atoms with van der Waals surface area (Å²) in [7, 11) is 1.75. The number of ether oxygens (including phenoxy) is 1. The molecule has 0 bridgehead atoms. The Bertz CT molecular complexity index is 767. The van der Waals surface area contributed by atoms with Crippen LogP contribution in [0.15, 0.2) is 47.1 Å². The lowest BCUT2D eigenvalue weighted by Crippen LogP contribution is -2.32. The number of benzene rings is 1. The summed E-state index contributed by atoms with van der Waals surface area (Å²) in [4.78, 5) is 30.1. The van der Waals surface area contributed by atoms with Crippen molar-refractivity contribution in [2.24, 2.45) is 0 Å². The lowest BCUT2D eigenvalue weighted by atomic mass is 10.2. The van der Waals surface area contributed by atoms with Gasteiger partial charge in [-0.25, -0.2) is 4.98 Å². The molecule has 1 aromatic carbocycles. The molecule has 7 heteroatoms. The third-order valence-corrected chi connectivity index (χ3v) is 4.48. The monoisotopic (exact) mass is 419 g/mol. The smallest absolute Gasteiger partial charge is 0.251 e. The summed E-state index contributed by atoms with van der Waals surface area (Å²) in [5.41, 5.74) is 1.49. The van der Waals surface area contributed by atoms with Crippen LogP contribution in [0.5, 0.6) is 5.88 Å². The van der Waals surface area contributed by atoms with Crippen LogP contribution in [0, 0.1) is 0 Å². The number of amides is 2. The van der Waals surface area contributed by atoms with Gasteiger partial charge in [-0.05, 0) is 24.6 Å². The van der Waals surface area contributed by atoms with Gasteiger partial charge in [0, 0.05) is 48.9 Å². The van der Waals surface area contributed by atoms with E-state index in [1.54, 1.807) is 24.1 Å². The number of carbonyl (C=O) groups excluding carboxylic acids is 2. The lowest BCUT2D eigenvalue weighted by Gasteiger charge is -2.18. The average Bonchev–Trinajstić information content (AvgIpc) is 2.64. The van der Waals surface area contributed by atoms with Crippen LogP contribution in [0.1, 0.15) is 29.3 Å².